The molecular weight excluding hydrogens is 298 g/mol. The van der Waals surface area contributed by atoms with Crippen LogP contribution >= 0.6 is 12.6 Å². The van der Waals surface area contributed by atoms with Crippen molar-refractivity contribution in [1.82, 2.24) is 14.8 Å². The van der Waals surface area contributed by atoms with Crippen LogP contribution < -0.4 is 11.1 Å². The summed E-state index contributed by atoms with van der Waals surface area (Å²) in [6.45, 7) is 2.79. The van der Waals surface area contributed by atoms with Gasteiger partial charge in [-0.15, -0.1) is 12.6 Å². The lowest BCUT2D eigenvalue weighted by Crippen LogP contribution is -2.06. The van der Waals surface area contributed by atoms with Crippen molar-refractivity contribution in [2.45, 2.75) is 18.2 Å². The summed E-state index contributed by atoms with van der Waals surface area (Å²) in [7, 11) is 1.88. The first kappa shape index (κ1) is 16.4. The van der Waals surface area contributed by atoms with E-state index in [1.807, 2.05) is 26.2 Å². The fraction of sp³-hybridized carbons (Fsp3) is 0.333. The topological polar surface area (TPSA) is 89.0 Å². The zero-order chi connectivity index (χ0) is 16.1. The third-order valence-electron chi connectivity index (χ3n) is 3.20. The molecule has 0 saturated heterocycles. The highest BCUT2D eigenvalue weighted by Gasteiger charge is 2.08. The van der Waals surface area contributed by atoms with Gasteiger partial charge in [0.05, 0.1) is 22.5 Å². The molecular formula is C15H21N5OS. The van der Waals surface area contributed by atoms with E-state index in [1.54, 1.807) is 16.9 Å². The van der Waals surface area contributed by atoms with Gasteiger partial charge in [-0.25, -0.2) is 4.98 Å². The van der Waals surface area contributed by atoms with Crippen LogP contribution in [0, 0.1) is 0 Å². The molecule has 0 aliphatic carbocycles. The highest BCUT2D eigenvalue weighted by molar-refractivity contribution is 7.80. The molecule has 0 bridgehead atoms. The zero-order valence-electron chi connectivity index (χ0n) is 12.7. The van der Waals surface area contributed by atoms with Gasteiger partial charge in [0.2, 0.25) is 0 Å². The lowest BCUT2D eigenvalue weighted by molar-refractivity contribution is 0.292. The maximum absolute atomic E-state index is 8.86. The molecule has 2 aromatic heterocycles. The molecule has 2 heterocycles. The Morgan fingerprint density at radius 2 is 2.32 bits per heavy atom. The van der Waals surface area contributed by atoms with Gasteiger partial charge in [-0.1, -0.05) is 0 Å². The maximum atomic E-state index is 8.86. The van der Waals surface area contributed by atoms with Crippen LogP contribution in [0.1, 0.15) is 24.6 Å². The lowest BCUT2D eigenvalue weighted by atomic mass is 10.1. The van der Waals surface area contributed by atoms with E-state index in [0.29, 0.717) is 24.5 Å². The first-order valence-electron chi connectivity index (χ1n) is 7.02. The van der Waals surface area contributed by atoms with Crippen molar-refractivity contribution in [3.8, 4) is 0 Å². The van der Waals surface area contributed by atoms with Gasteiger partial charge in [-0.2, -0.15) is 5.10 Å². The lowest BCUT2D eigenvalue weighted by Gasteiger charge is -2.11. The summed E-state index contributed by atoms with van der Waals surface area (Å²) in [5.41, 5.74) is 9.44. The highest BCUT2D eigenvalue weighted by atomic mass is 32.1. The van der Waals surface area contributed by atoms with Gasteiger partial charge >= 0.3 is 0 Å². The number of aromatic nitrogens is 3. The summed E-state index contributed by atoms with van der Waals surface area (Å²) < 4.78 is 1.75. The predicted octanol–water partition coefficient (Wildman–Crippen LogP) is 2.04. The van der Waals surface area contributed by atoms with Gasteiger partial charge in [0.25, 0.3) is 0 Å². The zero-order valence-corrected chi connectivity index (χ0v) is 13.6. The Kier molecular flexibility index (Phi) is 5.46. The molecule has 0 unspecified atom stereocenters. The van der Waals surface area contributed by atoms with Gasteiger partial charge in [0.15, 0.2) is 0 Å². The predicted molar refractivity (Wildman–Crippen MR) is 92.8 cm³/mol. The number of rotatable bonds is 6. The number of hydrogen-bond acceptors (Lipinski definition) is 6. The van der Waals surface area contributed by atoms with Crippen molar-refractivity contribution in [1.29, 1.82) is 0 Å². The van der Waals surface area contributed by atoms with Crippen molar-refractivity contribution in [3.63, 3.8) is 0 Å². The van der Waals surface area contributed by atoms with Gasteiger partial charge in [-0.05, 0) is 25.0 Å². The molecule has 0 radical (unpaired) electrons. The molecule has 7 heteroatoms. The molecule has 0 amide bonds. The van der Waals surface area contributed by atoms with E-state index < -0.39 is 0 Å². The standard InChI is InChI=1S/C15H21N5OS/c1-10(11-8-18-20(2)9-11)6-13-15(22)12(7-14(16)19-13)17-4-3-5-21/h6-9,21-22H,3-5H2,1-2H3,(H3,16,17,19)/b10-6+. The molecule has 4 N–H and O–H groups in total. The number of nitrogens with one attached hydrogen (secondary N) is 1. The third kappa shape index (κ3) is 4.02. The van der Waals surface area contributed by atoms with Crippen molar-refractivity contribution in [3.05, 3.63) is 29.7 Å². The van der Waals surface area contributed by atoms with Crippen molar-refractivity contribution in [2.24, 2.45) is 7.05 Å². The number of allylic oxidation sites excluding steroid dienone is 1. The number of nitrogen functional groups attached to an aromatic ring is 1. The molecule has 22 heavy (non-hydrogen) atoms. The largest absolute Gasteiger partial charge is 0.396 e. The number of nitrogens with two attached hydrogens (primary N) is 1. The van der Waals surface area contributed by atoms with Gasteiger partial charge in [0, 0.05) is 38.0 Å². The van der Waals surface area contributed by atoms with E-state index in [-0.39, 0.29) is 6.61 Å². The minimum Gasteiger partial charge on any atom is -0.396 e. The summed E-state index contributed by atoms with van der Waals surface area (Å²) in [5, 5.41) is 16.2. The number of aryl methyl sites for hydroxylation is 1. The van der Waals surface area contributed by atoms with Crippen LogP contribution in [0.5, 0.6) is 0 Å². The Hall–Kier alpha value is -1.99. The number of nitrogens with zero attached hydrogens (tertiary/aromatic N) is 3. The van der Waals surface area contributed by atoms with E-state index in [9.17, 15) is 0 Å². The number of aliphatic hydroxyl groups excluding tert-OH is 1. The number of hydrogen-bond donors (Lipinski definition) is 4. The molecule has 0 fully saturated rings. The summed E-state index contributed by atoms with van der Waals surface area (Å²) >= 11 is 4.54. The van der Waals surface area contributed by atoms with Crippen LogP contribution in [0.2, 0.25) is 0 Å². The molecule has 0 aromatic carbocycles. The van der Waals surface area contributed by atoms with Crippen LogP contribution in [0.4, 0.5) is 11.5 Å². The molecule has 118 valence electrons. The Morgan fingerprint density at radius 1 is 1.55 bits per heavy atom. The van der Waals surface area contributed by atoms with Crippen LogP contribution in [-0.4, -0.2) is 33.0 Å². The molecule has 6 nitrogen and oxygen atoms in total. The summed E-state index contributed by atoms with van der Waals surface area (Å²) in [4.78, 5) is 5.07. The molecule has 2 rings (SSSR count). The van der Waals surface area contributed by atoms with Gasteiger partial charge < -0.3 is 16.2 Å². The quantitative estimate of drug-likeness (QED) is 0.483. The Labute approximate surface area is 135 Å². The third-order valence-corrected chi connectivity index (χ3v) is 3.67. The Balaban J connectivity index is 2.30. The normalized spacial score (nSPS) is 11.7. The average molecular weight is 319 g/mol. The first-order valence-corrected chi connectivity index (χ1v) is 7.47. The Morgan fingerprint density at radius 3 is 2.95 bits per heavy atom. The summed E-state index contributed by atoms with van der Waals surface area (Å²) in [6.07, 6.45) is 6.34. The highest BCUT2D eigenvalue weighted by Crippen LogP contribution is 2.28. The van der Waals surface area contributed by atoms with Crippen LogP contribution in [0.3, 0.4) is 0 Å². The summed E-state index contributed by atoms with van der Waals surface area (Å²) in [6, 6.07) is 1.75. The second-order valence-corrected chi connectivity index (χ2v) is 5.51. The van der Waals surface area contributed by atoms with Crippen molar-refractivity contribution >= 4 is 35.8 Å². The molecule has 0 aliphatic rings. The fourth-order valence-electron chi connectivity index (χ4n) is 2.03. The number of thiol groups is 1. The fourth-order valence-corrected chi connectivity index (χ4v) is 2.29. The minimum absolute atomic E-state index is 0.141. The Bertz CT molecular complexity index is 681. The van der Waals surface area contributed by atoms with Gasteiger partial charge in [0.1, 0.15) is 5.82 Å². The second kappa shape index (κ2) is 7.33. The number of anilines is 2. The molecule has 0 saturated carbocycles. The van der Waals surface area contributed by atoms with E-state index in [2.05, 4.69) is 28.0 Å². The molecule has 0 aliphatic heterocycles. The minimum atomic E-state index is 0.141. The molecule has 2 aromatic rings. The first-order chi connectivity index (χ1) is 10.5. The number of pyridine rings is 1. The van der Waals surface area contributed by atoms with Crippen LogP contribution in [-0.2, 0) is 7.05 Å². The van der Waals surface area contributed by atoms with Gasteiger partial charge in [-0.3, -0.25) is 4.68 Å². The van der Waals surface area contributed by atoms with E-state index in [0.717, 1.165) is 21.7 Å². The SMILES string of the molecule is C/C(=C\c1nc(N)cc(NCCCO)c1S)c1cnn(C)c1. The second-order valence-electron chi connectivity index (χ2n) is 5.06. The van der Waals surface area contributed by atoms with E-state index >= 15 is 0 Å². The van der Waals surface area contributed by atoms with Crippen LogP contribution in [0.15, 0.2) is 23.4 Å². The molecule has 0 spiro atoms. The molecule has 0 atom stereocenters. The average Bonchev–Trinajstić information content (AvgIpc) is 2.90. The van der Waals surface area contributed by atoms with E-state index in [4.69, 9.17) is 10.8 Å². The summed E-state index contributed by atoms with van der Waals surface area (Å²) in [5.74, 6) is 0.425. The maximum Gasteiger partial charge on any atom is 0.126 e. The number of aliphatic hydroxyl groups is 1. The smallest absolute Gasteiger partial charge is 0.126 e. The van der Waals surface area contributed by atoms with E-state index in [1.165, 1.54) is 0 Å². The monoisotopic (exact) mass is 319 g/mol. The van der Waals surface area contributed by atoms with Crippen molar-refractivity contribution < 1.29 is 5.11 Å². The van der Waals surface area contributed by atoms with Crippen molar-refractivity contribution in [2.75, 3.05) is 24.2 Å². The van der Waals surface area contributed by atoms with Crippen LogP contribution in [0.25, 0.3) is 11.6 Å².